The predicted octanol–water partition coefficient (Wildman–Crippen LogP) is 2.24. The summed E-state index contributed by atoms with van der Waals surface area (Å²) in [6.45, 7) is 0.300. The lowest BCUT2D eigenvalue weighted by Crippen LogP contribution is -2.30. The van der Waals surface area contributed by atoms with E-state index in [1.54, 1.807) is 30.5 Å². The summed E-state index contributed by atoms with van der Waals surface area (Å²) in [6.07, 6.45) is 1.64. The lowest BCUT2D eigenvalue weighted by Gasteiger charge is -2.22. The Labute approximate surface area is 173 Å². The van der Waals surface area contributed by atoms with Gasteiger partial charge in [0.1, 0.15) is 0 Å². The fraction of sp³-hybridized carbons (Fsp3) is 0.100. The lowest BCUT2D eigenvalue weighted by molar-refractivity contribution is 0.397. The van der Waals surface area contributed by atoms with Gasteiger partial charge in [0.2, 0.25) is 10.0 Å². The van der Waals surface area contributed by atoms with Crippen LogP contribution in [0.25, 0.3) is 11.4 Å². The second kappa shape index (κ2) is 8.39. The van der Waals surface area contributed by atoms with Crippen LogP contribution in [0, 0.1) is 0 Å². The molecule has 4 rings (SSSR count). The van der Waals surface area contributed by atoms with E-state index in [-0.39, 0.29) is 18.0 Å². The number of hydrogen-bond acceptors (Lipinski definition) is 7. The molecule has 2 aromatic carbocycles. The first kappa shape index (κ1) is 19.7. The van der Waals surface area contributed by atoms with E-state index in [2.05, 4.69) is 25.6 Å². The van der Waals surface area contributed by atoms with Gasteiger partial charge in [0, 0.05) is 24.0 Å². The Bertz CT molecular complexity index is 1210. The maximum Gasteiger partial charge on any atom is 0.243 e. The molecule has 0 saturated carbocycles. The van der Waals surface area contributed by atoms with E-state index in [1.807, 2.05) is 30.3 Å². The van der Waals surface area contributed by atoms with E-state index >= 15 is 0 Å². The van der Waals surface area contributed by atoms with Crippen LogP contribution >= 0.6 is 0 Å². The second-order valence-corrected chi connectivity index (χ2v) is 8.55. The quantitative estimate of drug-likeness (QED) is 0.438. The molecule has 0 atom stereocenters. The van der Waals surface area contributed by atoms with Crippen molar-refractivity contribution in [2.45, 2.75) is 18.0 Å². The van der Waals surface area contributed by atoms with Crippen LogP contribution in [0.5, 0.6) is 0 Å². The first-order valence-corrected chi connectivity index (χ1v) is 10.5. The smallest absolute Gasteiger partial charge is 0.243 e. The van der Waals surface area contributed by atoms with Gasteiger partial charge in [-0.15, -0.1) is 5.10 Å². The highest BCUT2D eigenvalue weighted by molar-refractivity contribution is 7.89. The first-order chi connectivity index (χ1) is 14.5. The summed E-state index contributed by atoms with van der Waals surface area (Å²) in [6, 6.07) is 19.1. The Hall–Kier alpha value is -3.63. The van der Waals surface area contributed by atoms with Gasteiger partial charge in [-0.25, -0.2) is 13.5 Å². The minimum atomic E-state index is -3.80. The standard InChI is InChI=1S/C20H19N7O2S/c21-17-4-3-6-19(12-17)30(28,29)27(14-18-5-1-2-11-22-18)13-15-7-9-16(10-8-15)20-23-25-26-24-20/h1-12H,13-14,21H2,(H,23,24,25,26). The topological polar surface area (TPSA) is 131 Å². The van der Waals surface area contributed by atoms with Gasteiger partial charge >= 0.3 is 0 Å². The molecule has 3 N–H and O–H groups in total. The van der Waals surface area contributed by atoms with E-state index in [9.17, 15) is 8.42 Å². The molecule has 9 nitrogen and oxygen atoms in total. The maximum atomic E-state index is 13.4. The Morgan fingerprint density at radius 3 is 2.47 bits per heavy atom. The second-order valence-electron chi connectivity index (χ2n) is 6.61. The molecule has 0 unspecified atom stereocenters. The van der Waals surface area contributed by atoms with Crippen LogP contribution in [0.3, 0.4) is 0 Å². The summed E-state index contributed by atoms with van der Waals surface area (Å²) in [7, 11) is -3.80. The number of nitrogens with one attached hydrogen (secondary N) is 1. The van der Waals surface area contributed by atoms with Crippen LogP contribution in [0.1, 0.15) is 11.3 Å². The zero-order valence-corrected chi connectivity index (χ0v) is 16.7. The summed E-state index contributed by atoms with van der Waals surface area (Å²) < 4.78 is 28.1. The number of nitrogens with two attached hydrogens (primary N) is 1. The summed E-state index contributed by atoms with van der Waals surface area (Å²) in [5, 5.41) is 13.7. The molecule has 0 amide bonds. The van der Waals surface area contributed by atoms with Crippen molar-refractivity contribution < 1.29 is 8.42 Å². The van der Waals surface area contributed by atoms with Crippen molar-refractivity contribution in [1.82, 2.24) is 29.9 Å². The van der Waals surface area contributed by atoms with Crippen molar-refractivity contribution in [3.63, 3.8) is 0 Å². The van der Waals surface area contributed by atoms with Crippen molar-refractivity contribution >= 4 is 15.7 Å². The lowest BCUT2D eigenvalue weighted by atomic mass is 10.1. The zero-order chi connectivity index (χ0) is 21.0. The predicted molar refractivity (Wildman–Crippen MR) is 111 cm³/mol. The Balaban J connectivity index is 1.65. The number of aromatic amines is 1. The molecule has 0 aliphatic heterocycles. The van der Waals surface area contributed by atoms with Crippen molar-refractivity contribution in [2.24, 2.45) is 0 Å². The van der Waals surface area contributed by atoms with Crippen LogP contribution in [0.2, 0.25) is 0 Å². The Morgan fingerprint density at radius 1 is 0.967 bits per heavy atom. The number of benzene rings is 2. The third kappa shape index (κ3) is 4.34. The van der Waals surface area contributed by atoms with Gasteiger partial charge in [-0.05, 0) is 46.3 Å². The van der Waals surface area contributed by atoms with Gasteiger partial charge in [0.15, 0.2) is 5.82 Å². The largest absolute Gasteiger partial charge is 0.399 e. The van der Waals surface area contributed by atoms with E-state index < -0.39 is 10.0 Å². The fourth-order valence-corrected chi connectivity index (χ4v) is 4.43. The number of H-pyrrole nitrogens is 1. The van der Waals surface area contributed by atoms with Crippen LogP contribution in [-0.4, -0.2) is 38.3 Å². The maximum absolute atomic E-state index is 13.4. The molecule has 2 aromatic heterocycles. The zero-order valence-electron chi connectivity index (χ0n) is 15.9. The Kier molecular flexibility index (Phi) is 5.50. The molecule has 0 aliphatic rings. The van der Waals surface area contributed by atoms with E-state index in [1.165, 1.54) is 16.4 Å². The average molecular weight is 421 g/mol. The van der Waals surface area contributed by atoms with Gasteiger partial charge in [-0.1, -0.05) is 36.4 Å². The average Bonchev–Trinajstić information content (AvgIpc) is 3.29. The number of nitrogen functional groups attached to an aromatic ring is 1. The molecule has 0 bridgehead atoms. The third-order valence-electron chi connectivity index (χ3n) is 4.49. The normalized spacial score (nSPS) is 11.6. The van der Waals surface area contributed by atoms with Gasteiger partial charge in [-0.2, -0.15) is 4.31 Å². The molecule has 0 spiro atoms. The minimum absolute atomic E-state index is 0.131. The van der Waals surface area contributed by atoms with Gasteiger partial charge in [0.25, 0.3) is 0 Å². The molecule has 0 radical (unpaired) electrons. The molecule has 152 valence electrons. The molecule has 0 saturated heterocycles. The summed E-state index contributed by atoms with van der Waals surface area (Å²) in [5.41, 5.74) is 8.46. The minimum Gasteiger partial charge on any atom is -0.399 e. The van der Waals surface area contributed by atoms with Crippen LogP contribution in [0.15, 0.2) is 77.8 Å². The van der Waals surface area contributed by atoms with E-state index in [0.717, 1.165) is 11.1 Å². The third-order valence-corrected chi connectivity index (χ3v) is 6.28. The number of anilines is 1. The SMILES string of the molecule is Nc1cccc(S(=O)(=O)N(Cc2ccc(-c3nnn[nH]3)cc2)Cc2ccccn2)c1. The van der Waals surface area contributed by atoms with Gasteiger partial charge in [-0.3, -0.25) is 4.98 Å². The van der Waals surface area contributed by atoms with Crippen LogP contribution < -0.4 is 5.73 Å². The van der Waals surface area contributed by atoms with E-state index in [4.69, 9.17) is 5.73 Å². The fourth-order valence-electron chi connectivity index (χ4n) is 2.98. The monoisotopic (exact) mass is 421 g/mol. The molecule has 0 aliphatic carbocycles. The van der Waals surface area contributed by atoms with E-state index in [0.29, 0.717) is 17.2 Å². The van der Waals surface area contributed by atoms with Crippen molar-refractivity contribution in [1.29, 1.82) is 0 Å². The molecule has 30 heavy (non-hydrogen) atoms. The summed E-state index contributed by atoms with van der Waals surface area (Å²) in [5.74, 6) is 0.541. The number of hydrogen-bond donors (Lipinski definition) is 2. The molecule has 4 aromatic rings. The first-order valence-electron chi connectivity index (χ1n) is 9.11. The molecule has 2 heterocycles. The molecule has 0 fully saturated rings. The van der Waals surface area contributed by atoms with Gasteiger partial charge < -0.3 is 5.73 Å². The number of rotatable bonds is 7. The highest BCUT2D eigenvalue weighted by Gasteiger charge is 2.25. The molecule has 10 heteroatoms. The van der Waals surface area contributed by atoms with Crippen LogP contribution in [-0.2, 0) is 23.1 Å². The number of nitrogens with zero attached hydrogens (tertiary/aromatic N) is 5. The highest BCUT2D eigenvalue weighted by Crippen LogP contribution is 2.23. The summed E-state index contributed by atoms with van der Waals surface area (Å²) in [4.78, 5) is 4.42. The number of sulfonamides is 1. The Morgan fingerprint density at radius 2 is 1.80 bits per heavy atom. The summed E-state index contributed by atoms with van der Waals surface area (Å²) >= 11 is 0. The molecular weight excluding hydrogens is 402 g/mol. The van der Waals surface area contributed by atoms with Crippen LogP contribution in [0.4, 0.5) is 5.69 Å². The molecular formula is C20H19N7O2S. The van der Waals surface area contributed by atoms with Crippen molar-refractivity contribution in [2.75, 3.05) is 5.73 Å². The number of pyridine rings is 1. The number of tetrazole rings is 1. The van der Waals surface area contributed by atoms with Crippen molar-refractivity contribution in [3.8, 4) is 11.4 Å². The highest BCUT2D eigenvalue weighted by atomic mass is 32.2. The van der Waals surface area contributed by atoms with Gasteiger partial charge in [0.05, 0.1) is 17.1 Å². The number of aromatic nitrogens is 5. The van der Waals surface area contributed by atoms with Crippen molar-refractivity contribution in [3.05, 3.63) is 84.2 Å².